The van der Waals surface area contributed by atoms with E-state index in [0.717, 1.165) is 28.5 Å². The third-order valence-electron chi connectivity index (χ3n) is 3.23. The number of nitrogens with one attached hydrogen (secondary N) is 1. The van der Waals surface area contributed by atoms with E-state index in [4.69, 9.17) is 5.73 Å². The van der Waals surface area contributed by atoms with E-state index in [1.807, 2.05) is 42.5 Å². The van der Waals surface area contributed by atoms with Crippen molar-refractivity contribution in [3.63, 3.8) is 0 Å². The molecule has 0 fully saturated rings. The monoisotopic (exact) mass is 308 g/mol. The van der Waals surface area contributed by atoms with E-state index in [2.05, 4.69) is 33.7 Å². The van der Waals surface area contributed by atoms with Gasteiger partial charge in [0.15, 0.2) is 0 Å². The number of nitrogens with two attached hydrogens (primary N) is 1. The molecular weight excluding hydrogens is 292 g/mol. The van der Waals surface area contributed by atoms with Crippen molar-refractivity contribution in [3.05, 3.63) is 60.9 Å². The van der Waals surface area contributed by atoms with Crippen molar-refractivity contribution in [2.45, 2.75) is 4.90 Å². The molecule has 0 saturated carbocycles. The summed E-state index contributed by atoms with van der Waals surface area (Å²) in [6.07, 6.45) is 3.64. The minimum Gasteiger partial charge on any atom is -0.399 e. The molecule has 4 nitrogen and oxygen atoms in total. The summed E-state index contributed by atoms with van der Waals surface area (Å²) in [6, 6.07) is 17.7. The number of benzene rings is 2. The first-order valence-electron chi connectivity index (χ1n) is 6.84. The number of rotatable bonds is 4. The maximum absolute atomic E-state index is 5.70. The predicted octanol–water partition coefficient (Wildman–Crippen LogP) is 4.19. The van der Waals surface area contributed by atoms with E-state index >= 15 is 0 Å². The summed E-state index contributed by atoms with van der Waals surface area (Å²) in [5.41, 5.74) is 9.39. The van der Waals surface area contributed by atoms with Crippen LogP contribution in [0.3, 0.4) is 0 Å². The molecule has 0 unspecified atom stereocenters. The largest absolute Gasteiger partial charge is 0.399 e. The summed E-state index contributed by atoms with van der Waals surface area (Å²) in [6.45, 7) is 0. The molecule has 0 radical (unpaired) electrons. The van der Waals surface area contributed by atoms with E-state index in [-0.39, 0.29) is 0 Å². The Labute approximate surface area is 133 Å². The smallest absolute Gasteiger partial charge is 0.134 e. The molecule has 0 amide bonds. The molecule has 0 aliphatic heterocycles. The van der Waals surface area contributed by atoms with Crippen molar-refractivity contribution in [1.82, 2.24) is 9.97 Å². The molecule has 2 aromatic carbocycles. The maximum atomic E-state index is 5.70. The number of aromatic nitrogens is 2. The van der Waals surface area contributed by atoms with Crippen LogP contribution in [0.25, 0.3) is 11.3 Å². The highest BCUT2D eigenvalue weighted by Crippen LogP contribution is 2.29. The SMILES string of the molecule is CSc1ccccc1-c1cc(Nc2ccc(N)cc2)ncn1. The standard InChI is InChI=1S/C17H16N4S/c1-22-16-5-3-2-4-14(16)15-10-17(20-11-19-15)21-13-8-6-12(18)7-9-13/h2-11H,18H2,1H3,(H,19,20,21). The molecule has 1 aromatic heterocycles. The Kier molecular flexibility index (Phi) is 4.25. The predicted molar refractivity (Wildman–Crippen MR) is 93.4 cm³/mol. The molecule has 3 aromatic rings. The lowest BCUT2D eigenvalue weighted by molar-refractivity contribution is 1.16. The minimum atomic E-state index is 0.739. The first-order chi connectivity index (χ1) is 10.8. The lowest BCUT2D eigenvalue weighted by Crippen LogP contribution is -1.96. The van der Waals surface area contributed by atoms with Gasteiger partial charge in [0.2, 0.25) is 0 Å². The van der Waals surface area contributed by atoms with E-state index < -0.39 is 0 Å². The van der Waals surface area contributed by atoms with Crippen LogP contribution in [-0.4, -0.2) is 16.2 Å². The number of anilines is 3. The van der Waals surface area contributed by atoms with Gasteiger partial charge in [-0.15, -0.1) is 11.8 Å². The van der Waals surface area contributed by atoms with Crippen LogP contribution in [0.4, 0.5) is 17.2 Å². The molecule has 110 valence electrons. The Morgan fingerprint density at radius 1 is 1.00 bits per heavy atom. The highest BCUT2D eigenvalue weighted by molar-refractivity contribution is 7.98. The molecule has 0 bridgehead atoms. The number of hydrogen-bond acceptors (Lipinski definition) is 5. The first-order valence-corrected chi connectivity index (χ1v) is 8.07. The van der Waals surface area contributed by atoms with Crippen molar-refractivity contribution < 1.29 is 0 Å². The van der Waals surface area contributed by atoms with Crippen molar-refractivity contribution in [2.75, 3.05) is 17.3 Å². The normalized spacial score (nSPS) is 10.4. The van der Waals surface area contributed by atoms with Crippen LogP contribution in [0.2, 0.25) is 0 Å². The van der Waals surface area contributed by atoms with Crippen LogP contribution in [0.1, 0.15) is 0 Å². The van der Waals surface area contributed by atoms with Crippen LogP contribution in [0.15, 0.2) is 65.8 Å². The Balaban J connectivity index is 1.91. The average Bonchev–Trinajstić information content (AvgIpc) is 2.57. The molecule has 3 N–H and O–H groups in total. The Morgan fingerprint density at radius 3 is 2.55 bits per heavy atom. The van der Waals surface area contributed by atoms with E-state index in [0.29, 0.717) is 0 Å². The molecular formula is C17H16N4S. The van der Waals surface area contributed by atoms with Gasteiger partial charge in [-0.2, -0.15) is 0 Å². The molecule has 1 heterocycles. The zero-order valence-electron chi connectivity index (χ0n) is 12.2. The molecule has 3 rings (SSSR count). The second kappa shape index (κ2) is 6.49. The second-order valence-electron chi connectivity index (χ2n) is 4.74. The zero-order valence-corrected chi connectivity index (χ0v) is 13.0. The third-order valence-corrected chi connectivity index (χ3v) is 4.03. The number of nitrogens with zero attached hydrogens (tertiary/aromatic N) is 2. The Bertz CT molecular complexity index is 772. The fraction of sp³-hybridized carbons (Fsp3) is 0.0588. The van der Waals surface area contributed by atoms with Crippen molar-refractivity contribution in [1.29, 1.82) is 0 Å². The van der Waals surface area contributed by atoms with Crippen LogP contribution >= 0.6 is 11.8 Å². The Hall–Kier alpha value is -2.53. The van der Waals surface area contributed by atoms with Crippen LogP contribution in [0, 0.1) is 0 Å². The van der Waals surface area contributed by atoms with Crippen molar-refractivity contribution in [2.24, 2.45) is 0 Å². The number of thioether (sulfide) groups is 1. The molecule has 0 saturated heterocycles. The zero-order chi connectivity index (χ0) is 15.4. The average molecular weight is 308 g/mol. The highest BCUT2D eigenvalue weighted by atomic mass is 32.2. The van der Waals surface area contributed by atoms with Crippen molar-refractivity contribution in [3.8, 4) is 11.3 Å². The summed E-state index contributed by atoms with van der Waals surface area (Å²) in [5, 5.41) is 3.27. The van der Waals surface area contributed by atoms with Gasteiger partial charge in [-0.05, 0) is 36.6 Å². The van der Waals surface area contributed by atoms with Gasteiger partial charge < -0.3 is 11.1 Å². The quantitative estimate of drug-likeness (QED) is 0.559. The molecule has 0 atom stereocenters. The number of nitrogen functional groups attached to an aromatic ring is 1. The lowest BCUT2D eigenvalue weighted by atomic mass is 10.1. The van der Waals surface area contributed by atoms with Crippen LogP contribution < -0.4 is 11.1 Å². The molecule has 22 heavy (non-hydrogen) atoms. The van der Waals surface area contributed by atoms with Gasteiger partial charge in [-0.3, -0.25) is 0 Å². The van der Waals surface area contributed by atoms with Gasteiger partial charge in [0.05, 0.1) is 5.69 Å². The van der Waals surface area contributed by atoms with Crippen molar-refractivity contribution >= 4 is 29.0 Å². The minimum absolute atomic E-state index is 0.739. The summed E-state index contributed by atoms with van der Waals surface area (Å²) in [7, 11) is 0. The van der Waals surface area contributed by atoms with Gasteiger partial charge in [-0.25, -0.2) is 9.97 Å². The third kappa shape index (κ3) is 3.20. The topological polar surface area (TPSA) is 63.8 Å². The van der Waals surface area contributed by atoms with Gasteiger partial charge in [0.25, 0.3) is 0 Å². The summed E-state index contributed by atoms with van der Waals surface area (Å²) >= 11 is 1.71. The molecule has 0 spiro atoms. The van der Waals surface area contributed by atoms with E-state index in [1.165, 1.54) is 4.90 Å². The van der Waals surface area contributed by atoms with Gasteiger partial charge >= 0.3 is 0 Å². The molecule has 0 aliphatic carbocycles. The summed E-state index contributed by atoms with van der Waals surface area (Å²) < 4.78 is 0. The van der Waals surface area contributed by atoms with Gasteiger partial charge in [0, 0.05) is 27.9 Å². The van der Waals surface area contributed by atoms with Gasteiger partial charge in [0.1, 0.15) is 12.1 Å². The maximum Gasteiger partial charge on any atom is 0.134 e. The fourth-order valence-electron chi connectivity index (χ4n) is 2.14. The second-order valence-corrected chi connectivity index (χ2v) is 5.58. The molecule has 0 aliphatic rings. The Morgan fingerprint density at radius 2 is 1.77 bits per heavy atom. The first kappa shape index (κ1) is 14.4. The summed E-state index contributed by atoms with van der Waals surface area (Å²) in [4.78, 5) is 9.86. The highest BCUT2D eigenvalue weighted by Gasteiger charge is 2.06. The van der Waals surface area contributed by atoms with E-state index in [9.17, 15) is 0 Å². The van der Waals surface area contributed by atoms with Crippen LogP contribution in [-0.2, 0) is 0 Å². The fourth-order valence-corrected chi connectivity index (χ4v) is 2.75. The molecule has 5 heteroatoms. The van der Waals surface area contributed by atoms with Crippen LogP contribution in [0.5, 0.6) is 0 Å². The lowest BCUT2D eigenvalue weighted by Gasteiger charge is -2.09. The summed E-state index contributed by atoms with van der Waals surface area (Å²) in [5.74, 6) is 0.755. The van der Waals surface area contributed by atoms with E-state index in [1.54, 1.807) is 18.1 Å². The number of hydrogen-bond donors (Lipinski definition) is 2. The van der Waals surface area contributed by atoms with Gasteiger partial charge in [-0.1, -0.05) is 18.2 Å².